The fourth-order valence-electron chi connectivity index (χ4n) is 3.65. The van der Waals surface area contributed by atoms with Gasteiger partial charge in [0.05, 0.1) is 12.2 Å². The zero-order chi connectivity index (χ0) is 22.5. The highest BCUT2D eigenvalue weighted by atomic mass is 16.5. The number of carbonyl (C=O) groups is 2. The first kappa shape index (κ1) is 22.6. The third-order valence-corrected chi connectivity index (χ3v) is 5.18. The highest BCUT2D eigenvalue weighted by molar-refractivity contribution is 6.46. The molecule has 1 aliphatic rings. The maximum Gasteiger partial charge on any atom is 0.295 e. The van der Waals surface area contributed by atoms with E-state index in [-0.39, 0.29) is 11.3 Å². The van der Waals surface area contributed by atoms with Crippen molar-refractivity contribution in [1.82, 2.24) is 9.80 Å². The first-order chi connectivity index (χ1) is 14.8. The van der Waals surface area contributed by atoms with Gasteiger partial charge in [0.25, 0.3) is 11.7 Å². The molecule has 1 atom stereocenters. The van der Waals surface area contributed by atoms with Gasteiger partial charge in [0.15, 0.2) is 0 Å². The van der Waals surface area contributed by atoms with Crippen molar-refractivity contribution in [2.24, 2.45) is 0 Å². The molecule has 0 unspecified atom stereocenters. The number of aliphatic hydroxyl groups is 1. The van der Waals surface area contributed by atoms with Gasteiger partial charge in [0.2, 0.25) is 0 Å². The van der Waals surface area contributed by atoms with Crippen molar-refractivity contribution in [1.29, 1.82) is 0 Å². The third-order valence-electron chi connectivity index (χ3n) is 5.18. The van der Waals surface area contributed by atoms with E-state index in [0.717, 1.165) is 13.0 Å². The zero-order valence-corrected chi connectivity index (χ0v) is 18.6. The maximum absolute atomic E-state index is 12.9. The summed E-state index contributed by atoms with van der Waals surface area (Å²) in [6.07, 6.45) is 1.58. The summed E-state index contributed by atoms with van der Waals surface area (Å²) < 4.78 is 11.4. The minimum atomic E-state index is -0.758. The van der Waals surface area contributed by atoms with Gasteiger partial charge in [-0.1, -0.05) is 6.92 Å². The highest BCUT2D eigenvalue weighted by Gasteiger charge is 2.47. The lowest BCUT2D eigenvalue weighted by atomic mass is 9.99. The van der Waals surface area contributed by atoms with Crippen LogP contribution in [0.4, 0.5) is 0 Å². The Morgan fingerprint density at radius 3 is 2.45 bits per heavy atom. The number of carbonyl (C=O) groups excluding carboxylic acids is 2. The van der Waals surface area contributed by atoms with Crippen molar-refractivity contribution in [3.63, 3.8) is 0 Å². The zero-order valence-electron chi connectivity index (χ0n) is 18.6. The van der Waals surface area contributed by atoms with Crippen molar-refractivity contribution in [2.45, 2.75) is 32.7 Å². The number of rotatable bonds is 9. The van der Waals surface area contributed by atoms with Gasteiger partial charge in [0, 0.05) is 12.1 Å². The predicted octanol–water partition coefficient (Wildman–Crippen LogP) is 3.75. The highest BCUT2D eigenvalue weighted by Crippen LogP contribution is 2.40. The van der Waals surface area contributed by atoms with E-state index in [1.807, 2.05) is 25.9 Å². The molecule has 31 heavy (non-hydrogen) atoms. The van der Waals surface area contributed by atoms with Crippen molar-refractivity contribution < 1.29 is 23.8 Å². The number of benzene rings is 1. The molecular weight excluding hydrogens is 396 g/mol. The Bertz CT molecular complexity index is 959. The van der Waals surface area contributed by atoms with Crippen LogP contribution in [0.1, 0.15) is 42.9 Å². The number of furan rings is 1. The average molecular weight is 427 g/mol. The molecule has 1 aliphatic heterocycles. The minimum Gasteiger partial charge on any atom is -0.507 e. The van der Waals surface area contributed by atoms with Crippen LogP contribution in [0.5, 0.6) is 5.75 Å². The van der Waals surface area contributed by atoms with Gasteiger partial charge in [-0.2, -0.15) is 0 Å². The number of ether oxygens (including phenoxy) is 1. The fraction of sp³-hybridized carbons (Fsp3) is 0.417. The molecule has 1 aromatic carbocycles. The van der Waals surface area contributed by atoms with Crippen LogP contribution in [0.2, 0.25) is 0 Å². The van der Waals surface area contributed by atoms with E-state index in [4.69, 9.17) is 9.15 Å². The van der Waals surface area contributed by atoms with Crippen LogP contribution in [0, 0.1) is 6.92 Å². The molecule has 0 aliphatic carbocycles. The Balaban J connectivity index is 1.98. The minimum absolute atomic E-state index is 0.0476. The van der Waals surface area contributed by atoms with E-state index in [1.54, 1.807) is 43.3 Å². The van der Waals surface area contributed by atoms with Gasteiger partial charge >= 0.3 is 0 Å². The summed E-state index contributed by atoms with van der Waals surface area (Å²) in [4.78, 5) is 29.3. The van der Waals surface area contributed by atoms with Gasteiger partial charge in [-0.15, -0.1) is 0 Å². The number of Topliss-reactive ketones (excluding diaryl/α,β-unsaturated/α-hetero) is 1. The number of hydrogen-bond acceptors (Lipinski definition) is 6. The van der Waals surface area contributed by atoms with Gasteiger partial charge in [0.1, 0.15) is 29.1 Å². The first-order valence-corrected chi connectivity index (χ1v) is 10.6. The Morgan fingerprint density at radius 1 is 1.16 bits per heavy atom. The molecule has 3 rings (SSSR count). The van der Waals surface area contributed by atoms with Crippen molar-refractivity contribution in [3.8, 4) is 5.75 Å². The summed E-state index contributed by atoms with van der Waals surface area (Å²) in [6.45, 7) is 5.58. The maximum atomic E-state index is 12.9. The summed E-state index contributed by atoms with van der Waals surface area (Å²) in [6, 6.07) is 9.63. The van der Waals surface area contributed by atoms with Crippen LogP contribution in [0.25, 0.3) is 5.76 Å². The van der Waals surface area contributed by atoms with Crippen LogP contribution in [-0.4, -0.2) is 60.4 Å². The number of hydrogen-bond donors (Lipinski definition) is 1. The molecule has 1 fully saturated rings. The van der Waals surface area contributed by atoms with Crippen molar-refractivity contribution in [2.75, 3.05) is 33.8 Å². The number of nitrogens with zero attached hydrogens (tertiary/aromatic N) is 2. The van der Waals surface area contributed by atoms with Crippen molar-refractivity contribution >= 4 is 17.4 Å². The van der Waals surface area contributed by atoms with E-state index in [9.17, 15) is 14.7 Å². The van der Waals surface area contributed by atoms with E-state index < -0.39 is 17.7 Å². The number of likely N-dealkylation sites (tertiary alicyclic amines) is 1. The molecule has 0 bridgehead atoms. The lowest BCUT2D eigenvalue weighted by Crippen LogP contribution is -2.32. The molecule has 1 amide bonds. The molecule has 1 saturated heterocycles. The molecular formula is C24H30N2O5. The van der Waals surface area contributed by atoms with Crippen LogP contribution < -0.4 is 4.74 Å². The quantitative estimate of drug-likeness (QED) is 0.374. The molecule has 0 spiro atoms. The lowest BCUT2D eigenvalue weighted by molar-refractivity contribution is -0.140. The summed E-state index contributed by atoms with van der Waals surface area (Å²) >= 11 is 0. The van der Waals surface area contributed by atoms with E-state index in [0.29, 0.717) is 42.4 Å². The molecule has 7 heteroatoms. The Kier molecular flexibility index (Phi) is 7.17. The molecule has 7 nitrogen and oxygen atoms in total. The van der Waals surface area contributed by atoms with E-state index in [2.05, 4.69) is 0 Å². The number of amides is 1. The number of aryl methyl sites for hydroxylation is 1. The van der Waals surface area contributed by atoms with Gasteiger partial charge < -0.3 is 24.1 Å². The summed E-state index contributed by atoms with van der Waals surface area (Å²) in [5, 5.41) is 11.0. The molecule has 2 heterocycles. The summed E-state index contributed by atoms with van der Waals surface area (Å²) in [5.41, 5.74) is 0.495. The van der Waals surface area contributed by atoms with Crippen LogP contribution in [-0.2, 0) is 9.59 Å². The second-order valence-electron chi connectivity index (χ2n) is 7.97. The second-order valence-corrected chi connectivity index (χ2v) is 7.97. The van der Waals surface area contributed by atoms with E-state index >= 15 is 0 Å². The van der Waals surface area contributed by atoms with Gasteiger partial charge in [-0.3, -0.25) is 9.59 Å². The summed E-state index contributed by atoms with van der Waals surface area (Å²) in [7, 11) is 3.91. The molecule has 1 N–H and O–H groups in total. The molecule has 1 aromatic heterocycles. The predicted molar refractivity (Wildman–Crippen MR) is 118 cm³/mol. The van der Waals surface area contributed by atoms with Crippen LogP contribution >= 0.6 is 0 Å². The number of ketones is 1. The molecule has 2 aromatic rings. The Morgan fingerprint density at radius 2 is 1.87 bits per heavy atom. The average Bonchev–Trinajstić information content (AvgIpc) is 3.28. The molecule has 0 saturated carbocycles. The lowest BCUT2D eigenvalue weighted by Gasteiger charge is -2.24. The van der Waals surface area contributed by atoms with Gasteiger partial charge in [-0.25, -0.2) is 0 Å². The topological polar surface area (TPSA) is 83.2 Å². The van der Waals surface area contributed by atoms with E-state index in [1.165, 1.54) is 4.90 Å². The Labute approximate surface area is 182 Å². The fourth-order valence-corrected chi connectivity index (χ4v) is 3.65. The van der Waals surface area contributed by atoms with Gasteiger partial charge in [-0.05, 0) is 76.8 Å². The third kappa shape index (κ3) is 4.99. The smallest absolute Gasteiger partial charge is 0.295 e. The first-order valence-electron chi connectivity index (χ1n) is 10.6. The SMILES string of the molecule is CCCOc1ccc(C(O)=C2C(=O)C(=O)N(CCCN(C)C)[C@H]2c2ccc(C)o2)cc1. The second kappa shape index (κ2) is 9.83. The molecule has 0 radical (unpaired) electrons. The largest absolute Gasteiger partial charge is 0.507 e. The molecule has 166 valence electrons. The standard InChI is InChI=1S/C24H30N2O5/c1-5-15-30-18-10-8-17(9-11-18)22(27)20-21(19-12-7-16(2)31-19)26(24(29)23(20)28)14-6-13-25(3)4/h7-12,21,27H,5-6,13-15H2,1-4H3/t21-/m0/s1. The summed E-state index contributed by atoms with van der Waals surface area (Å²) in [5.74, 6) is 0.280. The Hall–Kier alpha value is -3.06. The van der Waals surface area contributed by atoms with Crippen molar-refractivity contribution in [3.05, 3.63) is 59.1 Å². The normalized spacial score (nSPS) is 18.2. The monoisotopic (exact) mass is 426 g/mol. The number of aliphatic hydroxyl groups excluding tert-OH is 1. The van der Waals surface area contributed by atoms with Crippen LogP contribution in [0.3, 0.4) is 0 Å². The van der Waals surface area contributed by atoms with Crippen LogP contribution in [0.15, 0.2) is 46.4 Å².